The van der Waals surface area contributed by atoms with Gasteiger partial charge in [0.05, 0.1) is 11.5 Å². The van der Waals surface area contributed by atoms with Crippen LogP contribution in [0.3, 0.4) is 0 Å². The molecule has 2 N–H and O–H groups in total. The van der Waals surface area contributed by atoms with Crippen LogP contribution in [0.1, 0.15) is 5.56 Å². The van der Waals surface area contributed by atoms with Crippen LogP contribution in [0.2, 0.25) is 0 Å². The lowest BCUT2D eigenvalue weighted by Gasteiger charge is -2.27. The first-order valence-corrected chi connectivity index (χ1v) is 6.41. The highest BCUT2D eigenvalue weighted by Gasteiger charge is 2.19. The van der Waals surface area contributed by atoms with Crippen LogP contribution in [0.5, 0.6) is 0 Å². The van der Waals surface area contributed by atoms with Gasteiger partial charge in [-0.2, -0.15) is 0 Å². The van der Waals surface area contributed by atoms with Gasteiger partial charge in [-0.15, -0.1) is 0 Å². The number of rotatable bonds is 4. The third-order valence-corrected chi connectivity index (χ3v) is 3.08. The summed E-state index contributed by atoms with van der Waals surface area (Å²) < 4.78 is 0. The van der Waals surface area contributed by atoms with Gasteiger partial charge >= 0.3 is 5.69 Å². The molecule has 1 aromatic rings. The topological polar surface area (TPSA) is 100 Å². The number of hydrogen-bond acceptors (Lipinski definition) is 6. The molecule has 0 atom stereocenters. The number of aromatic nitrogens is 1. The first-order valence-electron chi connectivity index (χ1n) is 6.41. The summed E-state index contributed by atoms with van der Waals surface area (Å²) in [6, 6.07) is 1.44. The molecule has 20 heavy (non-hydrogen) atoms. The Morgan fingerprint density at radius 2 is 2.25 bits per heavy atom. The molecule has 0 unspecified atom stereocenters. The summed E-state index contributed by atoms with van der Waals surface area (Å²) in [4.78, 5) is 28.1. The number of nitrogens with one attached hydrogen (secondary N) is 2. The SMILES string of the molecule is Cc1cnc(NCC(=O)N2CCNCC2)c([N+](=O)[O-])c1. The third kappa shape index (κ3) is 3.41. The van der Waals surface area contributed by atoms with Gasteiger partial charge in [0.2, 0.25) is 11.7 Å². The maximum absolute atomic E-state index is 12.0. The van der Waals surface area contributed by atoms with Crippen LogP contribution >= 0.6 is 0 Å². The second-order valence-corrected chi connectivity index (χ2v) is 4.62. The number of carbonyl (C=O) groups is 1. The zero-order valence-electron chi connectivity index (χ0n) is 11.3. The molecule has 1 saturated heterocycles. The van der Waals surface area contributed by atoms with E-state index < -0.39 is 4.92 Å². The Morgan fingerprint density at radius 1 is 1.55 bits per heavy atom. The van der Waals surface area contributed by atoms with Crippen molar-refractivity contribution < 1.29 is 9.72 Å². The molecule has 0 bridgehead atoms. The number of aryl methyl sites for hydroxylation is 1. The van der Waals surface area contributed by atoms with Crippen molar-refractivity contribution in [2.24, 2.45) is 0 Å². The van der Waals surface area contributed by atoms with E-state index in [2.05, 4.69) is 15.6 Å². The predicted molar refractivity (Wildman–Crippen MR) is 73.6 cm³/mol. The smallest absolute Gasteiger partial charge is 0.311 e. The zero-order chi connectivity index (χ0) is 14.5. The fraction of sp³-hybridized carbons (Fsp3) is 0.500. The van der Waals surface area contributed by atoms with E-state index in [1.165, 1.54) is 12.3 Å². The van der Waals surface area contributed by atoms with E-state index in [0.29, 0.717) is 18.7 Å². The predicted octanol–water partition coefficient (Wildman–Crippen LogP) is 0.142. The average molecular weight is 279 g/mol. The number of nitro groups is 1. The molecule has 0 aliphatic carbocycles. The largest absolute Gasteiger partial charge is 0.355 e. The minimum absolute atomic E-state index is 0.0108. The number of anilines is 1. The number of hydrogen-bond donors (Lipinski definition) is 2. The van der Waals surface area contributed by atoms with E-state index >= 15 is 0 Å². The number of piperazine rings is 1. The molecule has 2 heterocycles. The van der Waals surface area contributed by atoms with Gasteiger partial charge in [0.1, 0.15) is 0 Å². The summed E-state index contributed by atoms with van der Waals surface area (Å²) in [5.74, 6) is 0.0484. The Balaban J connectivity index is 1.99. The first kappa shape index (κ1) is 14.2. The van der Waals surface area contributed by atoms with Crippen molar-refractivity contribution in [1.82, 2.24) is 15.2 Å². The summed E-state index contributed by atoms with van der Waals surface area (Å²) in [6.07, 6.45) is 1.53. The highest BCUT2D eigenvalue weighted by atomic mass is 16.6. The van der Waals surface area contributed by atoms with E-state index in [0.717, 1.165) is 13.1 Å². The first-order chi connectivity index (χ1) is 9.58. The van der Waals surface area contributed by atoms with Crippen molar-refractivity contribution in [3.63, 3.8) is 0 Å². The Hall–Kier alpha value is -2.22. The maximum atomic E-state index is 12.0. The summed E-state index contributed by atoms with van der Waals surface area (Å²) in [7, 11) is 0. The van der Waals surface area contributed by atoms with Crippen molar-refractivity contribution in [1.29, 1.82) is 0 Å². The minimum Gasteiger partial charge on any atom is -0.355 e. The van der Waals surface area contributed by atoms with Crippen molar-refractivity contribution in [2.45, 2.75) is 6.92 Å². The Labute approximate surface area is 116 Å². The number of pyridine rings is 1. The van der Waals surface area contributed by atoms with E-state index in [-0.39, 0.29) is 24.0 Å². The van der Waals surface area contributed by atoms with Crippen LogP contribution in [0.25, 0.3) is 0 Å². The molecule has 1 fully saturated rings. The molecule has 108 valence electrons. The van der Waals surface area contributed by atoms with Crippen molar-refractivity contribution in [3.8, 4) is 0 Å². The van der Waals surface area contributed by atoms with Crippen LogP contribution in [-0.4, -0.2) is 53.4 Å². The molecule has 2 rings (SSSR count). The molecule has 8 heteroatoms. The summed E-state index contributed by atoms with van der Waals surface area (Å²) >= 11 is 0. The minimum atomic E-state index is -0.502. The van der Waals surface area contributed by atoms with Crippen LogP contribution in [0.4, 0.5) is 11.5 Å². The average Bonchev–Trinajstić information content (AvgIpc) is 2.46. The summed E-state index contributed by atoms with van der Waals surface area (Å²) in [5, 5.41) is 16.9. The van der Waals surface area contributed by atoms with Gasteiger partial charge in [0.25, 0.3) is 0 Å². The molecule has 0 saturated carbocycles. The Morgan fingerprint density at radius 3 is 2.90 bits per heavy atom. The standard InChI is InChI=1S/C12H17N5O3/c1-9-6-10(17(19)20)12(14-7-9)15-8-11(18)16-4-2-13-3-5-16/h6-7,13H,2-5,8H2,1H3,(H,14,15). The van der Waals surface area contributed by atoms with Gasteiger partial charge < -0.3 is 15.5 Å². The van der Waals surface area contributed by atoms with Gasteiger partial charge in [-0.1, -0.05) is 0 Å². The lowest BCUT2D eigenvalue weighted by molar-refractivity contribution is -0.384. The van der Waals surface area contributed by atoms with Crippen LogP contribution in [0, 0.1) is 17.0 Å². The van der Waals surface area contributed by atoms with Crippen LogP contribution in [-0.2, 0) is 4.79 Å². The molecule has 8 nitrogen and oxygen atoms in total. The monoisotopic (exact) mass is 279 g/mol. The number of amides is 1. The lowest BCUT2D eigenvalue weighted by atomic mass is 10.3. The number of nitrogens with zero attached hydrogens (tertiary/aromatic N) is 3. The van der Waals surface area contributed by atoms with Crippen molar-refractivity contribution in [3.05, 3.63) is 27.9 Å². The second-order valence-electron chi connectivity index (χ2n) is 4.62. The molecule has 1 aromatic heterocycles. The fourth-order valence-electron chi connectivity index (χ4n) is 2.01. The molecule has 0 radical (unpaired) electrons. The van der Waals surface area contributed by atoms with Gasteiger partial charge in [0.15, 0.2) is 0 Å². The summed E-state index contributed by atoms with van der Waals surface area (Å²) in [6.45, 7) is 4.60. The van der Waals surface area contributed by atoms with E-state index in [1.807, 2.05) is 0 Å². The van der Waals surface area contributed by atoms with Gasteiger partial charge in [0, 0.05) is 38.4 Å². The lowest BCUT2D eigenvalue weighted by Crippen LogP contribution is -2.48. The maximum Gasteiger partial charge on any atom is 0.311 e. The van der Waals surface area contributed by atoms with Crippen molar-refractivity contribution >= 4 is 17.4 Å². The Kier molecular flexibility index (Phi) is 4.46. The molecule has 1 amide bonds. The molecular weight excluding hydrogens is 262 g/mol. The fourth-order valence-corrected chi connectivity index (χ4v) is 2.01. The normalized spacial score (nSPS) is 14.9. The zero-order valence-corrected chi connectivity index (χ0v) is 11.3. The molecule has 1 aliphatic rings. The van der Waals surface area contributed by atoms with Gasteiger partial charge in [-0.3, -0.25) is 14.9 Å². The quantitative estimate of drug-likeness (QED) is 0.600. The molecule has 0 spiro atoms. The molecular formula is C12H17N5O3. The van der Waals surface area contributed by atoms with E-state index in [4.69, 9.17) is 0 Å². The van der Waals surface area contributed by atoms with Crippen molar-refractivity contribution in [2.75, 3.05) is 38.0 Å². The highest BCUT2D eigenvalue weighted by Crippen LogP contribution is 2.22. The second kappa shape index (κ2) is 6.29. The van der Waals surface area contributed by atoms with Crippen LogP contribution < -0.4 is 10.6 Å². The third-order valence-electron chi connectivity index (χ3n) is 3.08. The van der Waals surface area contributed by atoms with Crippen LogP contribution in [0.15, 0.2) is 12.3 Å². The number of carbonyl (C=O) groups excluding carboxylic acids is 1. The Bertz CT molecular complexity index is 514. The molecule has 1 aliphatic heterocycles. The summed E-state index contributed by atoms with van der Waals surface area (Å²) in [5.41, 5.74) is 0.591. The van der Waals surface area contributed by atoms with Gasteiger partial charge in [-0.25, -0.2) is 4.98 Å². The van der Waals surface area contributed by atoms with Gasteiger partial charge in [-0.05, 0) is 12.5 Å². The highest BCUT2D eigenvalue weighted by molar-refractivity contribution is 5.81. The van der Waals surface area contributed by atoms with E-state index in [1.54, 1.807) is 11.8 Å². The van der Waals surface area contributed by atoms with E-state index in [9.17, 15) is 14.9 Å². The molecule has 0 aromatic carbocycles.